The molecule has 0 aliphatic carbocycles. The van der Waals surface area contributed by atoms with Crippen LogP contribution in [0.1, 0.15) is 5.56 Å². The van der Waals surface area contributed by atoms with E-state index in [1.807, 2.05) is 68.6 Å². The van der Waals surface area contributed by atoms with E-state index in [0.717, 1.165) is 27.9 Å². The van der Waals surface area contributed by atoms with Crippen LogP contribution < -0.4 is 5.56 Å². The smallest absolute Gasteiger partial charge is 0.253 e. The van der Waals surface area contributed by atoms with Crippen LogP contribution in [0.5, 0.6) is 0 Å². The Morgan fingerprint density at radius 3 is 1.90 bits per heavy atom. The summed E-state index contributed by atoms with van der Waals surface area (Å²) < 4.78 is 1.74. The Morgan fingerprint density at radius 1 is 0.810 bits per heavy atom. The second-order valence-electron chi connectivity index (χ2n) is 5.19. The van der Waals surface area contributed by atoms with Crippen molar-refractivity contribution in [2.24, 2.45) is 7.05 Å². The van der Waals surface area contributed by atoms with Crippen LogP contribution in [0.3, 0.4) is 0 Å². The molecule has 3 aromatic rings. The van der Waals surface area contributed by atoms with Crippen molar-refractivity contribution < 1.29 is 0 Å². The van der Waals surface area contributed by atoms with Gasteiger partial charge >= 0.3 is 0 Å². The lowest BCUT2D eigenvalue weighted by Gasteiger charge is -2.16. The number of aryl methyl sites for hydroxylation is 1. The Balaban J connectivity index is 2.37. The third kappa shape index (κ3) is 2.40. The highest BCUT2D eigenvalue weighted by Crippen LogP contribution is 2.31. The zero-order valence-electron chi connectivity index (χ0n) is 12.2. The lowest BCUT2D eigenvalue weighted by atomic mass is 9.97. The Bertz CT molecular complexity index is 817. The van der Waals surface area contributed by atoms with Crippen molar-refractivity contribution >= 4 is 0 Å². The molecule has 0 aliphatic heterocycles. The number of aromatic nitrogens is 1. The van der Waals surface area contributed by atoms with E-state index in [-0.39, 0.29) is 5.56 Å². The van der Waals surface area contributed by atoms with Crippen LogP contribution in [0.15, 0.2) is 71.5 Å². The van der Waals surface area contributed by atoms with E-state index < -0.39 is 0 Å². The quantitative estimate of drug-likeness (QED) is 0.692. The molecule has 0 N–H and O–H groups in total. The van der Waals surface area contributed by atoms with Gasteiger partial charge in [-0.25, -0.2) is 0 Å². The molecular formula is C19H17NO. The van der Waals surface area contributed by atoms with Crippen LogP contribution in [0.25, 0.3) is 22.4 Å². The summed E-state index contributed by atoms with van der Waals surface area (Å²) >= 11 is 0. The monoisotopic (exact) mass is 275 g/mol. The van der Waals surface area contributed by atoms with E-state index in [0.29, 0.717) is 0 Å². The summed E-state index contributed by atoms with van der Waals surface area (Å²) in [6.07, 6.45) is 0. The third-order valence-corrected chi connectivity index (χ3v) is 3.73. The van der Waals surface area contributed by atoms with Crippen molar-refractivity contribution in [1.82, 2.24) is 4.57 Å². The molecule has 1 heterocycles. The van der Waals surface area contributed by atoms with Crippen molar-refractivity contribution in [2.75, 3.05) is 0 Å². The summed E-state index contributed by atoms with van der Waals surface area (Å²) in [5, 5.41) is 0. The zero-order chi connectivity index (χ0) is 14.8. The average molecular weight is 275 g/mol. The van der Waals surface area contributed by atoms with Gasteiger partial charge in [-0.1, -0.05) is 60.7 Å². The fourth-order valence-corrected chi connectivity index (χ4v) is 2.68. The van der Waals surface area contributed by atoms with Gasteiger partial charge in [-0.05, 0) is 24.1 Å². The molecule has 0 bridgehead atoms. The Hall–Kier alpha value is -2.61. The molecular weight excluding hydrogens is 258 g/mol. The fraction of sp³-hybridized carbons (Fsp3) is 0.105. The highest BCUT2D eigenvalue weighted by molar-refractivity contribution is 5.81. The van der Waals surface area contributed by atoms with Gasteiger partial charge in [-0.3, -0.25) is 4.79 Å². The Morgan fingerprint density at radius 2 is 1.33 bits per heavy atom. The maximum Gasteiger partial charge on any atom is 0.253 e. The number of hydrogen-bond donors (Lipinski definition) is 0. The van der Waals surface area contributed by atoms with Crippen molar-refractivity contribution in [3.05, 3.63) is 82.6 Å². The van der Waals surface area contributed by atoms with E-state index in [4.69, 9.17) is 0 Å². The predicted molar refractivity (Wildman–Crippen MR) is 87.3 cm³/mol. The minimum absolute atomic E-state index is 0.0496. The molecule has 0 atom stereocenters. The molecule has 0 unspecified atom stereocenters. The Kier molecular flexibility index (Phi) is 3.44. The van der Waals surface area contributed by atoms with E-state index in [2.05, 4.69) is 12.1 Å². The summed E-state index contributed by atoms with van der Waals surface area (Å²) in [6.45, 7) is 1.86. The van der Waals surface area contributed by atoms with Crippen LogP contribution in [0, 0.1) is 6.92 Å². The molecule has 0 spiro atoms. The first-order valence-corrected chi connectivity index (χ1v) is 7.00. The largest absolute Gasteiger partial charge is 0.310 e. The highest BCUT2D eigenvalue weighted by atomic mass is 16.1. The average Bonchev–Trinajstić information content (AvgIpc) is 2.54. The molecule has 2 heteroatoms. The van der Waals surface area contributed by atoms with Gasteiger partial charge in [0.05, 0.1) is 5.69 Å². The minimum atomic E-state index is 0.0496. The van der Waals surface area contributed by atoms with E-state index >= 15 is 0 Å². The van der Waals surface area contributed by atoms with Gasteiger partial charge in [0, 0.05) is 18.2 Å². The second kappa shape index (κ2) is 5.41. The first-order valence-electron chi connectivity index (χ1n) is 7.00. The van der Waals surface area contributed by atoms with Crippen LogP contribution in [-0.2, 0) is 7.05 Å². The van der Waals surface area contributed by atoms with Gasteiger partial charge in [0.15, 0.2) is 0 Å². The first-order chi connectivity index (χ1) is 10.2. The molecule has 1 aromatic heterocycles. The van der Waals surface area contributed by atoms with Crippen LogP contribution in [0.2, 0.25) is 0 Å². The van der Waals surface area contributed by atoms with Crippen LogP contribution >= 0.6 is 0 Å². The maximum atomic E-state index is 12.3. The molecule has 21 heavy (non-hydrogen) atoms. The number of nitrogens with zero attached hydrogens (tertiary/aromatic N) is 1. The van der Waals surface area contributed by atoms with Crippen molar-refractivity contribution in [3.63, 3.8) is 0 Å². The molecule has 0 radical (unpaired) electrons. The predicted octanol–water partition coefficient (Wildman–Crippen LogP) is 4.03. The van der Waals surface area contributed by atoms with Crippen molar-refractivity contribution in [3.8, 4) is 22.4 Å². The molecule has 0 aliphatic rings. The lowest BCUT2D eigenvalue weighted by Crippen LogP contribution is -2.21. The SMILES string of the molecule is Cc1cc(-c2ccccc2)c(-c2ccccc2)n(C)c1=O. The summed E-state index contributed by atoms with van der Waals surface area (Å²) in [7, 11) is 1.84. The van der Waals surface area contributed by atoms with E-state index in [1.165, 1.54) is 0 Å². The molecule has 2 aromatic carbocycles. The summed E-state index contributed by atoms with van der Waals surface area (Å²) in [5.41, 5.74) is 5.02. The Labute approximate surface area is 124 Å². The van der Waals surface area contributed by atoms with E-state index in [1.54, 1.807) is 4.57 Å². The second-order valence-corrected chi connectivity index (χ2v) is 5.19. The topological polar surface area (TPSA) is 22.0 Å². The van der Waals surface area contributed by atoms with Gasteiger partial charge in [-0.2, -0.15) is 0 Å². The van der Waals surface area contributed by atoms with Gasteiger partial charge < -0.3 is 4.57 Å². The molecule has 0 saturated carbocycles. The minimum Gasteiger partial charge on any atom is -0.310 e. The van der Waals surface area contributed by atoms with Gasteiger partial charge in [-0.15, -0.1) is 0 Å². The normalized spacial score (nSPS) is 10.6. The lowest BCUT2D eigenvalue weighted by molar-refractivity contribution is 0.860. The fourth-order valence-electron chi connectivity index (χ4n) is 2.68. The van der Waals surface area contributed by atoms with Crippen LogP contribution in [-0.4, -0.2) is 4.57 Å². The van der Waals surface area contributed by atoms with Gasteiger partial charge in [0.2, 0.25) is 0 Å². The highest BCUT2D eigenvalue weighted by Gasteiger charge is 2.13. The van der Waals surface area contributed by atoms with Crippen LogP contribution in [0.4, 0.5) is 0 Å². The van der Waals surface area contributed by atoms with Gasteiger partial charge in [0.1, 0.15) is 0 Å². The number of hydrogen-bond acceptors (Lipinski definition) is 1. The molecule has 104 valence electrons. The summed E-state index contributed by atoms with van der Waals surface area (Å²) in [4.78, 5) is 12.3. The number of rotatable bonds is 2. The molecule has 0 fully saturated rings. The number of benzene rings is 2. The third-order valence-electron chi connectivity index (χ3n) is 3.73. The molecule has 3 rings (SSSR count). The maximum absolute atomic E-state index is 12.3. The van der Waals surface area contributed by atoms with E-state index in [9.17, 15) is 4.79 Å². The molecule has 2 nitrogen and oxygen atoms in total. The number of pyridine rings is 1. The first kappa shape index (κ1) is 13.4. The zero-order valence-corrected chi connectivity index (χ0v) is 12.2. The summed E-state index contributed by atoms with van der Waals surface area (Å²) in [6, 6.07) is 22.2. The molecule has 0 amide bonds. The standard InChI is InChI=1S/C19H17NO/c1-14-13-17(15-9-5-3-6-10-15)18(20(2)19(14)21)16-11-7-4-8-12-16/h3-13H,1-2H3. The van der Waals surface area contributed by atoms with Crippen molar-refractivity contribution in [1.29, 1.82) is 0 Å². The van der Waals surface area contributed by atoms with Gasteiger partial charge in [0.25, 0.3) is 5.56 Å². The summed E-state index contributed by atoms with van der Waals surface area (Å²) in [5.74, 6) is 0. The molecule has 0 saturated heterocycles. The van der Waals surface area contributed by atoms with Crippen molar-refractivity contribution in [2.45, 2.75) is 6.92 Å².